The van der Waals surface area contributed by atoms with Gasteiger partial charge in [0, 0.05) is 14.2 Å². The number of hydrogen-bond acceptors (Lipinski definition) is 5. The average molecular weight is 247 g/mol. The van der Waals surface area contributed by atoms with Gasteiger partial charge in [0.1, 0.15) is 13.3 Å². The van der Waals surface area contributed by atoms with Gasteiger partial charge in [0.15, 0.2) is 6.23 Å². The Hall–Kier alpha value is -0.890. The van der Waals surface area contributed by atoms with E-state index in [1.54, 1.807) is 13.6 Å². The Kier molecular flexibility index (Phi) is 6.20. The number of urea groups is 1. The maximum Gasteiger partial charge on any atom is 0.324 e. The third kappa shape index (κ3) is 4.12. The molecule has 2 amide bonds. The number of hydrogen-bond donors (Lipinski definition) is 1. The number of carbonyl (C=O) groups is 1. The number of aliphatic hydroxyl groups is 1. The smallest absolute Gasteiger partial charge is 0.324 e. The summed E-state index contributed by atoms with van der Waals surface area (Å²) < 4.78 is 15.5. The monoisotopic (exact) mass is 247 g/mol. The van der Waals surface area contributed by atoms with E-state index >= 15 is 0 Å². The Labute approximate surface area is 101 Å². The molecule has 1 fully saturated rings. The summed E-state index contributed by atoms with van der Waals surface area (Å²) in [5.41, 5.74) is 0. The van der Waals surface area contributed by atoms with Gasteiger partial charge in [0.05, 0.1) is 26.4 Å². The summed E-state index contributed by atoms with van der Waals surface area (Å²) in [7, 11) is 3.18. The summed E-state index contributed by atoms with van der Waals surface area (Å²) in [6.45, 7) is 2.87. The van der Waals surface area contributed by atoms with E-state index in [2.05, 4.69) is 0 Å². The van der Waals surface area contributed by atoms with Crippen molar-refractivity contribution in [1.29, 1.82) is 0 Å². The summed E-state index contributed by atoms with van der Waals surface area (Å²) in [6, 6.07) is -0.159. The van der Waals surface area contributed by atoms with Crippen LogP contribution in [0, 0.1) is 6.54 Å². The van der Waals surface area contributed by atoms with Crippen molar-refractivity contribution in [3.05, 3.63) is 6.54 Å². The number of likely N-dealkylation sites (N-methyl/N-ethyl adjacent to an activating group) is 1. The fourth-order valence-corrected chi connectivity index (χ4v) is 1.44. The van der Waals surface area contributed by atoms with Crippen molar-refractivity contribution in [3.63, 3.8) is 0 Å². The fraction of sp³-hybridized carbons (Fsp3) is 0.800. The first-order chi connectivity index (χ1) is 8.20. The van der Waals surface area contributed by atoms with Crippen LogP contribution in [0.15, 0.2) is 0 Å². The molecule has 1 radical (unpaired) electrons. The Bertz CT molecular complexity index is 239. The molecule has 7 nitrogen and oxygen atoms in total. The van der Waals surface area contributed by atoms with Gasteiger partial charge in [0.25, 0.3) is 0 Å². The van der Waals surface area contributed by atoms with Crippen molar-refractivity contribution in [3.8, 4) is 0 Å². The summed E-state index contributed by atoms with van der Waals surface area (Å²) in [5.74, 6) is 0. The zero-order chi connectivity index (χ0) is 12.7. The Morgan fingerprint density at radius 3 is 2.82 bits per heavy atom. The molecule has 1 aliphatic rings. The third-order valence-corrected chi connectivity index (χ3v) is 2.23. The number of ether oxygens (including phenoxy) is 3. The lowest BCUT2D eigenvalue weighted by molar-refractivity contribution is -0.0615. The van der Waals surface area contributed by atoms with Crippen molar-refractivity contribution in [1.82, 2.24) is 9.80 Å². The lowest BCUT2D eigenvalue weighted by Gasteiger charge is -2.21. The lowest BCUT2D eigenvalue weighted by Crippen LogP contribution is -2.37. The minimum atomic E-state index is -0.426. The second-order valence-electron chi connectivity index (χ2n) is 3.53. The molecule has 0 aromatic heterocycles. The number of nitrogens with zero attached hydrogens (tertiary/aromatic N) is 2. The van der Waals surface area contributed by atoms with Gasteiger partial charge in [-0.1, -0.05) is 0 Å². The van der Waals surface area contributed by atoms with E-state index in [9.17, 15) is 4.79 Å². The molecule has 7 heteroatoms. The van der Waals surface area contributed by atoms with Crippen LogP contribution in [0.2, 0.25) is 0 Å². The molecule has 17 heavy (non-hydrogen) atoms. The molecular formula is C10H19N2O5. The van der Waals surface area contributed by atoms with Crippen LogP contribution in [0.1, 0.15) is 0 Å². The van der Waals surface area contributed by atoms with Gasteiger partial charge in [-0.3, -0.25) is 4.90 Å². The Morgan fingerprint density at radius 2 is 2.18 bits per heavy atom. The molecule has 1 heterocycles. The number of rotatable bonds is 8. The molecule has 1 rings (SSSR count). The van der Waals surface area contributed by atoms with Crippen LogP contribution in [0.25, 0.3) is 0 Å². The normalized spacial score (nSPS) is 20.4. The zero-order valence-electron chi connectivity index (χ0n) is 10.2. The van der Waals surface area contributed by atoms with E-state index in [1.807, 2.05) is 0 Å². The molecular weight excluding hydrogens is 228 g/mol. The molecule has 0 bridgehead atoms. The van der Waals surface area contributed by atoms with Crippen molar-refractivity contribution < 1.29 is 24.1 Å². The standard InChI is InChI=1S/C10H19N2O5/c1-11-7-9(12(8-15-2)10(11)14)17-6-5-16-4-3-13/h7,9,13H,3-6,8H2,1-2H3. The molecule has 1 unspecified atom stereocenters. The van der Waals surface area contributed by atoms with Gasteiger partial charge in [-0.05, 0) is 0 Å². The van der Waals surface area contributed by atoms with E-state index in [0.717, 1.165) is 0 Å². The van der Waals surface area contributed by atoms with Crippen LogP contribution in [-0.2, 0) is 14.2 Å². The third-order valence-electron chi connectivity index (χ3n) is 2.23. The number of aliphatic hydroxyl groups excluding tert-OH is 1. The summed E-state index contributed by atoms with van der Waals surface area (Å²) in [4.78, 5) is 14.6. The van der Waals surface area contributed by atoms with Gasteiger partial charge in [0.2, 0.25) is 0 Å². The molecule has 0 spiro atoms. The maximum atomic E-state index is 11.6. The highest BCUT2D eigenvalue weighted by molar-refractivity contribution is 5.77. The minimum absolute atomic E-state index is 0.00736. The van der Waals surface area contributed by atoms with Crippen LogP contribution in [0.3, 0.4) is 0 Å². The van der Waals surface area contributed by atoms with Crippen LogP contribution in [0.5, 0.6) is 0 Å². The van der Waals surface area contributed by atoms with Crippen molar-refractivity contribution in [2.45, 2.75) is 6.23 Å². The molecule has 0 aromatic carbocycles. The van der Waals surface area contributed by atoms with Crippen molar-refractivity contribution >= 4 is 6.03 Å². The average Bonchev–Trinajstić information content (AvgIpc) is 2.57. The Balaban J connectivity index is 2.28. The second kappa shape index (κ2) is 7.44. The van der Waals surface area contributed by atoms with E-state index in [1.165, 1.54) is 16.9 Å². The van der Waals surface area contributed by atoms with E-state index < -0.39 is 6.23 Å². The molecule has 1 aliphatic heterocycles. The number of amides is 2. The first-order valence-corrected chi connectivity index (χ1v) is 5.38. The van der Waals surface area contributed by atoms with Gasteiger partial charge in [-0.2, -0.15) is 0 Å². The van der Waals surface area contributed by atoms with Crippen molar-refractivity contribution in [2.75, 3.05) is 47.3 Å². The summed E-state index contributed by atoms with van der Waals surface area (Å²) in [6.07, 6.45) is -0.426. The molecule has 0 aromatic rings. The minimum Gasteiger partial charge on any atom is -0.394 e. The Morgan fingerprint density at radius 1 is 1.41 bits per heavy atom. The van der Waals surface area contributed by atoms with Crippen LogP contribution < -0.4 is 0 Å². The van der Waals surface area contributed by atoms with Gasteiger partial charge >= 0.3 is 6.03 Å². The van der Waals surface area contributed by atoms with Crippen LogP contribution in [-0.4, -0.2) is 74.5 Å². The predicted molar refractivity (Wildman–Crippen MR) is 58.8 cm³/mol. The quantitative estimate of drug-likeness (QED) is 0.584. The SMILES string of the molecule is COCN1C(=O)N(C)[CH]C1OCCOCCO. The highest BCUT2D eigenvalue weighted by atomic mass is 16.6. The van der Waals surface area contributed by atoms with Crippen LogP contribution >= 0.6 is 0 Å². The molecule has 1 saturated heterocycles. The van der Waals surface area contributed by atoms with Gasteiger partial charge < -0.3 is 24.2 Å². The molecule has 1 N–H and O–H groups in total. The van der Waals surface area contributed by atoms with E-state index in [0.29, 0.717) is 19.8 Å². The number of carbonyl (C=O) groups excluding carboxylic acids is 1. The second-order valence-corrected chi connectivity index (χ2v) is 3.53. The van der Waals surface area contributed by atoms with Gasteiger partial charge in [-0.15, -0.1) is 0 Å². The highest BCUT2D eigenvalue weighted by Crippen LogP contribution is 2.18. The van der Waals surface area contributed by atoms with E-state index in [4.69, 9.17) is 19.3 Å². The molecule has 99 valence electrons. The fourth-order valence-electron chi connectivity index (χ4n) is 1.44. The van der Waals surface area contributed by atoms with Crippen molar-refractivity contribution in [2.24, 2.45) is 0 Å². The topological polar surface area (TPSA) is 71.5 Å². The molecule has 0 aliphatic carbocycles. The first-order valence-electron chi connectivity index (χ1n) is 5.38. The zero-order valence-corrected chi connectivity index (χ0v) is 10.2. The lowest BCUT2D eigenvalue weighted by atomic mass is 10.5. The predicted octanol–water partition coefficient (Wildman–Crippen LogP) is -0.529. The first kappa shape index (κ1) is 14.2. The van der Waals surface area contributed by atoms with E-state index in [-0.39, 0.29) is 19.4 Å². The molecule has 1 atom stereocenters. The highest BCUT2D eigenvalue weighted by Gasteiger charge is 2.36. The summed E-state index contributed by atoms with van der Waals surface area (Å²) in [5, 5.41) is 8.51. The summed E-state index contributed by atoms with van der Waals surface area (Å²) >= 11 is 0. The largest absolute Gasteiger partial charge is 0.394 e. The van der Waals surface area contributed by atoms with Gasteiger partial charge in [-0.25, -0.2) is 4.79 Å². The number of methoxy groups -OCH3 is 1. The molecule has 0 saturated carbocycles. The maximum absolute atomic E-state index is 11.6. The van der Waals surface area contributed by atoms with Crippen LogP contribution in [0.4, 0.5) is 4.79 Å².